The third kappa shape index (κ3) is 2.78. The van der Waals surface area contributed by atoms with Crippen LogP contribution in [0.2, 0.25) is 0 Å². The Morgan fingerprint density at radius 2 is 2.00 bits per heavy atom. The molecule has 8 nitrogen and oxygen atoms in total. The van der Waals surface area contributed by atoms with Gasteiger partial charge in [-0.1, -0.05) is 18.2 Å². The van der Waals surface area contributed by atoms with Crippen molar-refractivity contribution >= 4 is 17.7 Å². The summed E-state index contributed by atoms with van der Waals surface area (Å²) in [5.41, 5.74) is 2.68. The van der Waals surface area contributed by atoms with E-state index < -0.39 is 17.3 Å². The summed E-state index contributed by atoms with van der Waals surface area (Å²) in [6.45, 7) is 1.12. The molecule has 6 rings (SSSR count). The molecule has 0 radical (unpaired) electrons. The molecule has 3 aliphatic heterocycles. The highest BCUT2D eigenvalue weighted by atomic mass is 32.2. The molecule has 3 aliphatic rings. The van der Waals surface area contributed by atoms with Crippen LogP contribution in [0.3, 0.4) is 0 Å². The molecule has 1 N–H and O–H groups in total. The topological polar surface area (TPSA) is 87.9 Å². The third-order valence-electron chi connectivity index (χ3n) is 6.27. The van der Waals surface area contributed by atoms with Gasteiger partial charge < -0.3 is 14.7 Å². The first-order valence-corrected chi connectivity index (χ1v) is 11.4. The number of nitrogens with zero attached hydrogens (tertiary/aromatic N) is 4. The first-order chi connectivity index (χ1) is 15.6. The second kappa shape index (κ2) is 7.39. The van der Waals surface area contributed by atoms with Crippen molar-refractivity contribution in [2.75, 3.05) is 24.8 Å². The van der Waals surface area contributed by atoms with E-state index >= 15 is 0 Å². The number of aromatic nitrogens is 2. The molecule has 3 aromatic rings. The first kappa shape index (κ1) is 19.4. The van der Waals surface area contributed by atoms with Gasteiger partial charge in [0.2, 0.25) is 5.43 Å². The van der Waals surface area contributed by atoms with Gasteiger partial charge in [-0.15, -0.1) is 11.8 Å². The van der Waals surface area contributed by atoms with Crippen LogP contribution < -0.4 is 10.4 Å². The van der Waals surface area contributed by atoms with Gasteiger partial charge in [-0.3, -0.25) is 24.3 Å². The number of carbonyl (C=O) groups excluding carboxylic acids is 1. The molecule has 1 saturated heterocycles. The van der Waals surface area contributed by atoms with Gasteiger partial charge in [0, 0.05) is 41.8 Å². The van der Waals surface area contributed by atoms with Crippen molar-refractivity contribution < 1.29 is 14.6 Å². The maximum absolute atomic E-state index is 13.3. The van der Waals surface area contributed by atoms with E-state index in [1.165, 1.54) is 6.07 Å². The number of pyridine rings is 2. The number of morpholine rings is 1. The van der Waals surface area contributed by atoms with Crippen molar-refractivity contribution in [1.29, 1.82) is 0 Å². The summed E-state index contributed by atoms with van der Waals surface area (Å²) in [4.78, 5) is 32.7. The number of hydrogen-bond acceptors (Lipinski definition) is 7. The molecule has 1 fully saturated rings. The lowest BCUT2D eigenvalue weighted by Crippen LogP contribution is -2.66. The van der Waals surface area contributed by atoms with Crippen LogP contribution >= 0.6 is 11.8 Å². The molecule has 2 aromatic heterocycles. The fraction of sp³-hybridized carbons (Fsp3) is 0.261. The van der Waals surface area contributed by atoms with Crippen molar-refractivity contribution in [3.8, 4) is 5.75 Å². The highest BCUT2D eigenvalue weighted by Crippen LogP contribution is 2.43. The molecule has 0 spiro atoms. The Kier molecular flexibility index (Phi) is 4.48. The van der Waals surface area contributed by atoms with Gasteiger partial charge in [-0.2, -0.15) is 0 Å². The predicted molar refractivity (Wildman–Crippen MR) is 118 cm³/mol. The van der Waals surface area contributed by atoms with Gasteiger partial charge in [0.15, 0.2) is 11.4 Å². The summed E-state index contributed by atoms with van der Waals surface area (Å²) in [6, 6.07) is 11.2. The Hall–Kier alpha value is -3.30. The molecular weight excluding hydrogens is 428 g/mol. The summed E-state index contributed by atoms with van der Waals surface area (Å²) in [7, 11) is 0. The minimum atomic E-state index is -0.572. The second-order valence-corrected chi connectivity index (χ2v) is 8.98. The lowest BCUT2D eigenvalue weighted by molar-refractivity contribution is -0.0197. The summed E-state index contributed by atoms with van der Waals surface area (Å²) < 4.78 is 7.43. The largest absolute Gasteiger partial charge is 0.502 e. The zero-order valence-electron chi connectivity index (χ0n) is 17.0. The van der Waals surface area contributed by atoms with Gasteiger partial charge in [0.1, 0.15) is 6.17 Å². The van der Waals surface area contributed by atoms with Crippen molar-refractivity contribution in [3.05, 3.63) is 87.6 Å². The molecular formula is C23H20N4O4S. The summed E-state index contributed by atoms with van der Waals surface area (Å²) in [5.74, 6) is -0.119. The van der Waals surface area contributed by atoms with Crippen LogP contribution in [0.15, 0.2) is 64.7 Å². The van der Waals surface area contributed by atoms with Crippen LogP contribution in [0.25, 0.3) is 0 Å². The van der Waals surface area contributed by atoms with E-state index in [9.17, 15) is 14.7 Å². The molecule has 2 atom stereocenters. The number of ether oxygens (including phenoxy) is 1. The normalized spacial score (nSPS) is 21.8. The number of amides is 1. The van der Waals surface area contributed by atoms with Crippen LogP contribution in [-0.4, -0.2) is 51.5 Å². The molecule has 2 unspecified atom stereocenters. The van der Waals surface area contributed by atoms with E-state index in [0.717, 1.165) is 27.3 Å². The second-order valence-electron chi connectivity index (χ2n) is 7.96. The Morgan fingerprint density at radius 3 is 2.91 bits per heavy atom. The van der Waals surface area contributed by atoms with E-state index in [1.54, 1.807) is 33.7 Å². The van der Waals surface area contributed by atoms with Gasteiger partial charge in [0.25, 0.3) is 5.91 Å². The molecule has 5 heterocycles. The van der Waals surface area contributed by atoms with Crippen molar-refractivity contribution in [3.63, 3.8) is 0 Å². The van der Waals surface area contributed by atoms with E-state index in [-0.39, 0.29) is 17.6 Å². The number of thioether (sulfide) groups is 1. The number of hydrogen-bond donors (Lipinski definition) is 1. The van der Waals surface area contributed by atoms with Crippen molar-refractivity contribution in [2.45, 2.75) is 22.9 Å². The van der Waals surface area contributed by atoms with Crippen molar-refractivity contribution in [2.24, 2.45) is 0 Å². The monoisotopic (exact) mass is 448 g/mol. The number of carbonyl (C=O) groups is 1. The summed E-state index contributed by atoms with van der Waals surface area (Å²) in [5, 5.41) is 12.7. The quantitative estimate of drug-likeness (QED) is 0.610. The molecule has 32 heavy (non-hydrogen) atoms. The Morgan fingerprint density at radius 1 is 1.12 bits per heavy atom. The van der Waals surface area contributed by atoms with Gasteiger partial charge in [-0.05, 0) is 28.8 Å². The maximum Gasteiger partial charge on any atom is 0.278 e. The zero-order valence-corrected chi connectivity index (χ0v) is 17.9. The lowest BCUT2D eigenvalue weighted by Gasteiger charge is -2.51. The SMILES string of the molecule is O=C1c2c(O)c(=O)ccn2N(C2c3ccncc3CSc3ccccc32)C2COCCN12. The highest BCUT2D eigenvalue weighted by molar-refractivity contribution is 7.98. The molecule has 1 aromatic carbocycles. The maximum atomic E-state index is 13.3. The van der Waals surface area contributed by atoms with Crippen molar-refractivity contribution in [1.82, 2.24) is 14.6 Å². The smallest absolute Gasteiger partial charge is 0.278 e. The average Bonchev–Trinajstić information content (AvgIpc) is 2.99. The molecule has 9 heteroatoms. The minimum Gasteiger partial charge on any atom is -0.502 e. The lowest BCUT2D eigenvalue weighted by atomic mass is 9.94. The number of aromatic hydroxyl groups is 1. The van der Waals surface area contributed by atoms with Gasteiger partial charge >= 0.3 is 0 Å². The molecule has 0 bridgehead atoms. The van der Waals surface area contributed by atoms with Gasteiger partial charge in [0.05, 0.1) is 19.3 Å². The summed E-state index contributed by atoms with van der Waals surface area (Å²) >= 11 is 1.75. The summed E-state index contributed by atoms with van der Waals surface area (Å²) in [6.07, 6.45) is 4.84. The zero-order chi connectivity index (χ0) is 21.8. The molecule has 0 aliphatic carbocycles. The average molecular weight is 449 g/mol. The molecule has 1 amide bonds. The number of rotatable bonds is 1. The van der Waals surface area contributed by atoms with E-state index in [2.05, 4.69) is 22.1 Å². The molecule has 0 saturated carbocycles. The van der Waals surface area contributed by atoms with E-state index in [1.807, 2.05) is 24.4 Å². The molecule has 162 valence electrons. The standard InChI is InChI=1S/C23H20N4O4S/c28-17-6-8-26-21(22(17)29)23(30)25-9-10-31-12-19(25)27(26)20-15-5-7-24-11-14(15)13-32-18-4-2-1-3-16(18)20/h1-8,11,19-20,29H,9-10,12-13H2. The predicted octanol–water partition coefficient (Wildman–Crippen LogP) is 2.09. The highest BCUT2D eigenvalue weighted by Gasteiger charge is 2.45. The first-order valence-electron chi connectivity index (χ1n) is 10.4. The number of benzene rings is 1. The minimum absolute atomic E-state index is 0.0133. The van der Waals surface area contributed by atoms with Crippen LogP contribution in [0, 0.1) is 0 Å². The fourth-order valence-corrected chi connectivity index (χ4v) is 5.88. The van der Waals surface area contributed by atoms with Crippen LogP contribution in [-0.2, 0) is 10.5 Å². The third-order valence-corrected chi connectivity index (χ3v) is 7.41. The van der Waals surface area contributed by atoms with E-state index in [0.29, 0.717) is 19.8 Å². The van der Waals surface area contributed by atoms with E-state index in [4.69, 9.17) is 4.74 Å². The Labute approximate surface area is 188 Å². The van der Waals surface area contributed by atoms with Crippen LogP contribution in [0.5, 0.6) is 5.75 Å². The Bertz CT molecular complexity index is 1250. The van der Waals surface area contributed by atoms with Crippen LogP contribution in [0.4, 0.5) is 0 Å². The number of fused-ring (bicyclic) bond motifs is 4. The van der Waals surface area contributed by atoms with Gasteiger partial charge in [-0.25, -0.2) is 0 Å². The van der Waals surface area contributed by atoms with Crippen LogP contribution in [0.1, 0.15) is 33.2 Å². The Balaban J connectivity index is 1.66. The fourth-order valence-electron chi connectivity index (χ4n) is 4.80.